The summed E-state index contributed by atoms with van der Waals surface area (Å²) in [7, 11) is 0. The molecule has 1 fully saturated rings. The summed E-state index contributed by atoms with van der Waals surface area (Å²) in [6.45, 7) is 9.07. The molecule has 2 rings (SSSR count). The molecule has 1 aromatic heterocycles. The Morgan fingerprint density at radius 2 is 2.19 bits per heavy atom. The lowest BCUT2D eigenvalue weighted by Gasteiger charge is -2.26. The van der Waals surface area contributed by atoms with Crippen LogP contribution in [-0.2, 0) is 4.74 Å². The smallest absolute Gasteiger partial charge is 0.158 e. The standard InChI is InChI=1S/C12H17N3O/c1-3-5-10-11(4-2)13-14-12(10)15-6-8-16-9-7-15/h3-5,13H,1,6-9H2,2H3/b10-5+,11-4+. The predicted molar refractivity (Wildman–Crippen MR) is 65.7 cm³/mol. The van der Waals surface area contributed by atoms with Gasteiger partial charge in [-0.3, -0.25) is 5.10 Å². The van der Waals surface area contributed by atoms with Crippen LogP contribution in [0, 0.1) is 0 Å². The van der Waals surface area contributed by atoms with Gasteiger partial charge < -0.3 is 9.64 Å². The Balaban J connectivity index is 2.44. The van der Waals surface area contributed by atoms with Gasteiger partial charge >= 0.3 is 0 Å². The van der Waals surface area contributed by atoms with Gasteiger partial charge in [0, 0.05) is 18.3 Å². The molecule has 0 unspecified atom stereocenters. The first-order chi connectivity index (χ1) is 7.86. The van der Waals surface area contributed by atoms with Crippen LogP contribution in [0.2, 0.25) is 0 Å². The van der Waals surface area contributed by atoms with Gasteiger partial charge in [-0.15, -0.1) is 0 Å². The molecular formula is C12H17N3O. The van der Waals surface area contributed by atoms with Gasteiger partial charge in [0.15, 0.2) is 5.82 Å². The first-order valence-corrected chi connectivity index (χ1v) is 5.53. The van der Waals surface area contributed by atoms with E-state index in [0.717, 1.165) is 42.7 Å². The number of rotatable bonds is 2. The Bertz CT molecular complexity index is 469. The molecule has 0 atom stereocenters. The van der Waals surface area contributed by atoms with Crippen LogP contribution < -0.4 is 15.5 Å². The molecule has 0 amide bonds. The van der Waals surface area contributed by atoms with E-state index in [-0.39, 0.29) is 0 Å². The van der Waals surface area contributed by atoms with Crippen LogP contribution >= 0.6 is 0 Å². The largest absolute Gasteiger partial charge is 0.378 e. The van der Waals surface area contributed by atoms with E-state index in [1.165, 1.54) is 0 Å². The van der Waals surface area contributed by atoms with Gasteiger partial charge in [-0.1, -0.05) is 18.7 Å². The number of anilines is 1. The number of aromatic amines is 1. The number of H-pyrrole nitrogens is 1. The predicted octanol–water partition coefficient (Wildman–Crippen LogP) is 0.0132. The molecule has 4 heteroatoms. The van der Waals surface area contributed by atoms with Crippen molar-refractivity contribution >= 4 is 18.0 Å². The molecule has 1 aromatic rings. The van der Waals surface area contributed by atoms with Crippen LogP contribution in [0.4, 0.5) is 5.82 Å². The molecule has 1 N–H and O–H groups in total. The Labute approximate surface area is 94.9 Å². The lowest BCUT2D eigenvalue weighted by atomic mass is 10.3. The Morgan fingerprint density at radius 3 is 2.81 bits per heavy atom. The second kappa shape index (κ2) is 4.99. The average Bonchev–Trinajstić information content (AvgIpc) is 2.74. The Morgan fingerprint density at radius 1 is 1.44 bits per heavy atom. The highest BCUT2D eigenvalue weighted by atomic mass is 16.5. The van der Waals surface area contributed by atoms with Crippen LogP contribution in [0.25, 0.3) is 12.2 Å². The monoisotopic (exact) mass is 219 g/mol. The lowest BCUT2D eigenvalue weighted by molar-refractivity contribution is 0.122. The summed E-state index contributed by atoms with van der Waals surface area (Å²) in [5, 5.41) is 9.56. The molecule has 1 saturated heterocycles. The zero-order valence-electron chi connectivity index (χ0n) is 9.57. The first-order valence-electron chi connectivity index (χ1n) is 5.53. The summed E-state index contributed by atoms with van der Waals surface area (Å²) in [6.07, 6.45) is 5.80. The minimum atomic E-state index is 0.769. The molecule has 0 spiro atoms. The van der Waals surface area contributed by atoms with Crippen molar-refractivity contribution in [3.8, 4) is 0 Å². The summed E-state index contributed by atoms with van der Waals surface area (Å²) in [4.78, 5) is 2.24. The highest BCUT2D eigenvalue weighted by molar-refractivity contribution is 5.50. The second-order valence-electron chi connectivity index (χ2n) is 3.67. The van der Waals surface area contributed by atoms with Crippen molar-refractivity contribution in [2.75, 3.05) is 31.2 Å². The third kappa shape index (κ3) is 2.02. The van der Waals surface area contributed by atoms with E-state index >= 15 is 0 Å². The lowest BCUT2D eigenvalue weighted by Crippen LogP contribution is -2.40. The van der Waals surface area contributed by atoms with Crippen LogP contribution in [-0.4, -0.2) is 36.5 Å². The quantitative estimate of drug-likeness (QED) is 0.762. The molecule has 0 bridgehead atoms. The Hall–Kier alpha value is -1.55. The maximum absolute atomic E-state index is 5.34. The fourth-order valence-corrected chi connectivity index (χ4v) is 1.87. The maximum atomic E-state index is 5.34. The van der Waals surface area contributed by atoms with Gasteiger partial charge in [0.05, 0.1) is 18.6 Å². The van der Waals surface area contributed by atoms with Crippen LogP contribution in [0.5, 0.6) is 0 Å². The maximum Gasteiger partial charge on any atom is 0.158 e. The normalized spacial score (nSPS) is 19.2. The SMILES string of the molecule is C=C/C=c1/c(N2CCOCC2)n[nH]/c1=C/C. The van der Waals surface area contributed by atoms with Crippen molar-refractivity contribution in [1.82, 2.24) is 10.2 Å². The van der Waals surface area contributed by atoms with Crippen molar-refractivity contribution in [2.45, 2.75) is 6.92 Å². The third-order valence-corrected chi connectivity index (χ3v) is 2.70. The topological polar surface area (TPSA) is 41.1 Å². The Kier molecular flexibility index (Phi) is 3.41. The molecule has 4 nitrogen and oxygen atoms in total. The van der Waals surface area contributed by atoms with E-state index in [4.69, 9.17) is 4.74 Å². The highest BCUT2D eigenvalue weighted by Gasteiger charge is 2.14. The molecule has 2 heterocycles. The van der Waals surface area contributed by atoms with E-state index in [1.54, 1.807) is 6.08 Å². The van der Waals surface area contributed by atoms with Gasteiger partial charge in [-0.2, -0.15) is 5.10 Å². The fourth-order valence-electron chi connectivity index (χ4n) is 1.87. The van der Waals surface area contributed by atoms with Gasteiger partial charge in [0.2, 0.25) is 0 Å². The van der Waals surface area contributed by atoms with Crippen molar-refractivity contribution in [3.05, 3.63) is 23.2 Å². The van der Waals surface area contributed by atoms with Gasteiger partial charge in [-0.05, 0) is 13.0 Å². The number of nitrogens with one attached hydrogen (secondary N) is 1. The molecule has 16 heavy (non-hydrogen) atoms. The molecule has 86 valence electrons. The zero-order valence-corrected chi connectivity index (χ0v) is 9.57. The van der Waals surface area contributed by atoms with Gasteiger partial charge in [0.25, 0.3) is 0 Å². The molecule has 0 aliphatic carbocycles. The molecule has 0 saturated carbocycles. The van der Waals surface area contributed by atoms with Gasteiger partial charge in [-0.25, -0.2) is 0 Å². The number of morpholine rings is 1. The van der Waals surface area contributed by atoms with E-state index < -0.39 is 0 Å². The number of hydrogen-bond acceptors (Lipinski definition) is 3. The number of nitrogens with zero attached hydrogens (tertiary/aromatic N) is 2. The molecule has 0 radical (unpaired) electrons. The highest BCUT2D eigenvalue weighted by Crippen LogP contribution is 2.04. The summed E-state index contributed by atoms with van der Waals surface area (Å²) in [5.41, 5.74) is 0. The van der Waals surface area contributed by atoms with E-state index in [0.29, 0.717) is 0 Å². The number of aromatic nitrogens is 2. The molecule has 1 aliphatic heterocycles. The van der Waals surface area contributed by atoms with Crippen LogP contribution in [0.3, 0.4) is 0 Å². The van der Waals surface area contributed by atoms with E-state index in [1.807, 2.05) is 19.1 Å². The molecular weight excluding hydrogens is 202 g/mol. The minimum absolute atomic E-state index is 0.769. The average molecular weight is 219 g/mol. The van der Waals surface area contributed by atoms with Crippen molar-refractivity contribution in [1.29, 1.82) is 0 Å². The van der Waals surface area contributed by atoms with E-state index in [9.17, 15) is 0 Å². The number of ether oxygens (including phenoxy) is 1. The molecule has 0 aromatic carbocycles. The van der Waals surface area contributed by atoms with Crippen molar-refractivity contribution in [2.24, 2.45) is 0 Å². The summed E-state index contributed by atoms with van der Waals surface area (Å²) >= 11 is 0. The third-order valence-electron chi connectivity index (χ3n) is 2.70. The fraction of sp³-hybridized carbons (Fsp3) is 0.417. The number of allylic oxidation sites excluding steroid dienone is 1. The zero-order chi connectivity index (χ0) is 11.4. The number of hydrogen-bond donors (Lipinski definition) is 1. The summed E-state index contributed by atoms with van der Waals surface area (Å²) in [6, 6.07) is 0. The van der Waals surface area contributed by atoms with Crippen LogP contribution in [0.15, 0.2) is 12.7 Å². The minimum Gasteiger partial charge on any atom is -0.378 e. The van der Waals surface area contributed by atoms with E-state index in [2.05, 4.69) is 21.7 Å². The van der Waals surface area contributed by atoms with Gasteiger partial charge in [0.1, 0.15) is 0 Å². The summed E-state index contributed by atoms with van der Waals surface area (Å²) in [5.74, 6) is 0.997. The second-order valence-corrected chi connectivity index (χ2v) is 3.67. The van der Waals surface area contributed by atoms with Crippen molar-refractivity contribution < 1.29 is 4.74 Å². The van der Waals surface area contributed by atoms with Crippen molar-refractivity contribution in [3.63, 3.8) is 0 Å². The molecule has 1 aliphatic rings. The summed E-state index contributed by atoms with van der Waals surface area (Å²) < 4.78 is 5.34. The first kappa shape index (κ1) is 11.0. The van der Waals surface area contributed by atoms with Crippen LogP contribution in [0.1, 0.15) is 6.92 Å².